The van der Waals surface area contributed by atoms with E-state index in [1.807, 2.05) is 0 Å². The molecule has 3 N–H and O–H groups in total. The van der Waals surface area contributed by atoms with E-state index >= 15 is 0 Å². The zero-order chi connectivity index (χ0) is 27.4. The van der Waals surface area contributed by atoms with Gasteiger partial charge in [-0.05, 0) is 56.3 Å². The van der Waals surface area contributed by atoms with Gasteiger partial charge in [-0.2, -0.15) is 0 Å². The molecule has 14 heteroatoms. The van der Waals surface area contributed by atoms with E-state index in [9.17, 15) is 27.6 Å². The molecule has 2 aromatic rings. The molecule has 37 heavy (non-hydrogen) atoms. The summed E-state index contributed by atoms with van der Waals surface area (Å²) in [4.78, 5) is 25.8. The van der Waals surface area contributed by atoms with Gasteiger partial charge in [0.05, 0.1) is 23.9 Å². The van der Waals surface area contributed by atoms with Crippen molar-refractivity contribution in [1.29, 1.82) is 0 Å². The average molecular weight is 576 g/mol. The van der Waals surface area contributed by atoms with E-state index in [1.165, 1.54) is 38.1 Å². The van der Waals surface area contributed by atoms with Crippen LogP contribution in [0.3, 0.4) is 0 Å². The van der Waals surface area contributed by atoms with E-state index in [1.54, 1.807) is 4.90 Å². The zero-order valence-corrected chi connectivity index (χ0v) is 22.5. The first-order valence-corrected chi connectivity index (χ1v) is 13.9. The van der Waals surface area contributed by atoms with E-state index in [0.29, 0.717) is 37.4 Å². The number of nitrogens with two attached hydrogens (primary N) is 1. The summed E-state index contributed by atoms with van der Waals surface area (Å²) in [6.07, 6.45) is 0. The molecule has 0 bridgehead atoms. The lowest BCUT2D eigenvalue weighted by molar-refractivity contribution is -0.134. The second kappa shape index (κ2) is 12.0. The summed E-state index contributed by atoms with van der Waals surface area (Å²) in [5, 5.41) is 11.1. The van der Waals surface area contributed by atoms with Gasteiger partial charge in [-0.1, -0.05) is 16.1 Å². The van der Waals surface area contributed by atoms with Crippen molar-refractivity contribution < 1.29 is 37.1 Å². The van der Waals surface area contributed by atoms with Crippen LogP contribution in [0.15, 0.2) is 47.4 Å². The highest BCUT2D eigenvalue weighted by Gasteiger charge is 2.45. The number of ether oxygens (including phenoxy) is 2. The Labute approximate surface area is 223 Å². The standard InChI is InChI=1S/C23H27ClFN3O7S2/c1-23(2,36-14-20(29)27-9-11-34-12-10-27)21(22(26)30)28(31)37(32,33)17-7-8-19(18(25)13-17)35-16-5-3-15(24)4-6-16/h3-8,13,21,31H,9-12,14H2,1-2H3,(H2,26,30)/t21-/m0/s1. The van der Waals surface area contributed by atoms with Crippen molar-refractivity contribution in [2.45, 2.75) is 29.5 Å². The highest BCUT2D eigenvalue weighted by molar-refractivity contribution is 8.01. The Morgan fingerprint density at radius 1 is 1.24 bits per heavy atom. The van der Waals surface area contributed by atoms with E-state index < -0.39 is 37.4 Å². The van der Waals surface area contributed by atoms with E-state index in [0.717, 1.165) is 23.9 Å². The van der Waals surface area contributed by atoms with Crippen LogP contribution in [0.5, 0.6) is 11.5 Å². The number of thioether (sulfide) groups is 1. The van der Waals surface area contributed by atoms with Crippen LogP contribution in [0.4, 0.5) is 4.39 Å². The molecule has 0 saturated carbocycles. The molecule has 10 nitrogen and oxygen atoms in total. The Morgan fingerprint density at radius 3 is 2.43 bits per heavy atom. The van der Waals surface area contributed by atoms with Crippen LogP contribution in [0.25, 0.3) is 0 Å². The molecule has 0 unspecified atom stereocenters. The summed E-state index contributed by atoms with van der Waals surface area (Å²) in [5.41, 5.74) is 5.46. The maximum Gasteiger partial charge on any atom is 0.265 e. The van der Waals surface area contributed by atoms with Gasteiger partial charge in [0.2, 0.25) is 11.8 Å². The van der Waals surface area contributed by atoms with E-state index in [-0.39, 0.29) is 27.6 Å². The van der Waals surface area contributed by atoms with Gasteiger partial charge < -0.3 is 20.1 Å². The van der Waals surface area contributed by atoms with Crippen molar-refractivity contribution >= 4 is 45.2 Å². The number of hydroxylamine groups is 1. The van der Waals surface area contributed by atoms with Crippen LogP contribution >= 0.6 is 23.4 Å². The first-order chi connectivity index (χ1) is 17.3. The number of primary amides is 1. The van der Waals surface area contributed by atoms with E-state index in [4.69, 9.17) is 26.8 Å². The number of morpholine rings is 1. The minimum atomic E-state index is -4.79. The molecule has 1 heterocycles. The summed E-state index contributed by atoms with van der Waals surface area (Å²) in [6, 6.07) is 7.06. The summed E-state index contributed by atoms with van der Waals surface area (Å²) in [5.74, 6) is -2.49. The summed E-state index contributed by atoms with van der Waals surface area (Å²) < 4.78 is 50.1. The summed E-state index contributed by atoms with van der Waals surface area (Å²) in [7, 11) is -4.79. The summed E-state index contributed by atoms with van der Waals surface area (Å²) in [6.45, 7) is 4.61. The molecule has 1 aliphatic heterocycles. The van der Waals surface area contributed by atoms with Crippen LogP contribution in [0, 0.1) is 5.82 Å². The molecule has 0 aromatic heterocycles. The number of halogens is 2. The van der Waals surface area contributed by atoms with Crippen molar-refractivity contribution in [2.24, 2.45) is 5.73 Å². The normalized spacial score (nSPS) is 15.5. The second-order valence-electron chi connectivity index (χ2n) is 8.62. The Kier molecular flexibility index (Phi) is 9.42. The first-order valence-electron chi connectivity index (χ1n) is 11.1. The number of carbonyl (C=O) groups is 2. The molecule has 1 aliphatic rings. The highest BCUT2D eigenvalue weighted by atomic mass is 35.5. The number of sulfonamides is 1. The van der Waals surface area contributed by atoms with Crippen molar-refractivity contribution in [3.63, 3.8) is 0 Å². The Balaban J connectivity index is 1.77. The quantitative estimate of drug-likeness (QED) is 0.412. The topological polar surface area (TPSA) is 139 Å². The van der Waals surface area contributed by atoms with Crippen molar-refractivity contribution in [3.05, 3.63) is 53.3 Å². The SMILES string of the molecule is CC(C)(SCC(=O)N1CCOCC1)[C@H](C(N)=O)N(O)S(=O)(=O)c1ccc(Oc2ccc(Cl)cc2)c(F)c1. The van der Waals surface area contributed by atoms with Crippen LogP contribution in [0.2, 0.25) is 5.02 Å². The largest absolute Gasteiger partial charge is 0.454 e. The predicted molar refractivity (Wildman–Crippen MR) is 136 cm³/mol. The minimum absolute atomic E-state index is 0.0873. The number of amides is 2. The van der Waals surface area contributed by atoms with Crippen molar-refractivity contribution in [1.82, 2.24) is 9.37 Å². The molecule has 202 valence electrons. The van der Waals surface area contributed by atoms with Crippen molar-refractivity contribution in [3.8, 4) is 11.5 Å². The van der Waals surface area contributed by atoms with Gasteiger partial charge in [0.25, 0.3) is 10.0 Å². The highest BCUT2D eigenvalue weighted by Crippen LogP contribution is 2.34. The third kappa shape index (κ3) is 7.12. The lowest BCUT2D eigenvalue weighted by Crippen LogP contribution is -2.56. The fourth-order valence-electron chi connectivity index (χ4n) is 3.55. The van der Waals surface area contributed by atoms with Gasteiger partial charge in [-0.25, -0.2) is 12.8 Å². The van der Waals surface area contributed by atoms with E-state index in [2.05, 4.69) is 0 Å². The van der Waals surface area contributed by atoms with Crippen LogP contribution in [-0.4, -0.2) is 77.7 Å². The van der Waals surface area contributed by atoms with Crippen LogP contribution < -0.4 is 10.5 Å². The molecule has 0 aliphatic carbocycles. The number of nitrogens with zero attached hydrogens (tertiary/aromatic N) is 2. The molecule has 2 amide bonds. The molecule has 2 aromatic carbocycles. The molecule has 0 spiro atoms. The number of hydrogen-bond acceptors (Lipinski definition) is 8. The fourth-order valence-corrected chi connectivity index (χ4v) is 6.15. The molecule has 3 rings (SSSR count). The number of hydrogen-bond donors (Lipinski definition) is 2. The Morgan fingerprint density at radius 2 is 1.86 bits per heavy atom. The maximum absolute atomic E-state index is 14.7. The zero-order valence-electron chi connectivity index (χ0n) is 20.1. The van der Waals surface area contributed by atoms with Gasteiger partial charge in [0.1, 0.15) is 11.8 Å². The molecular formula is C23H27ClFN3O7S2. The smallest absolute Gasteiger partial charge is 0.265 e. The molecule has 1 saturated heterocycles. The monoisotopic (exact) mass is 575 g/mol. The minimum Gasteiger partial charge on any atom is -0.454 e. The second-order valence-corrected chi connectivity index (χ2v) is 12.5. The Hall–Kier alpha value is -2.42. The molecule has 1 atom stereocenters. The maximum atomic E-state index is 14.7. The van der Waals surface area contributed by atoms with Gasteiger partial charge >= 0.3 is 0 Å². The number of benzene rings is 2. The lowest BCUT2D eigenvalue weighted by atomic mass is 10.0. The fraction of sp³-hybridized carbons (Fsp3) is 0.391. The van der Waals surface area contributed by atoms with Crippen LogP contribution in [0.1, 0.15) is 13.8 Å². The third-order valence-electron chi connectivity index (χ3n) is 5.57. The van der Waals surface area contributed by atoms with Crippen molar-refractivity contribution in [2.75, 3.05) is 32.1 Å². The number of carbonyl (C=O) groups excluding carboxylic acids is 2. The Bertz CT molecular complexity index is 1240. The third-order valence-corrected chi connectivity index (χ3v) is 8.73. The average Bonchev–Trinajstić information content (AvgIpc) is 2.85. The van der Waals surface area contributed by atoms with Crippen LogP contribution in [-0.2, 0) is 24.3 Å². The van der Waals surface area contributed by atoms with Gasteiger partial charge in [-0.15, -0.1) is 11.8 Å². The molecule has 1 fully saturated rings. The lowest BCUT2D eigenvalue weighted by Gasteiger charge is -2.36. The van der Waals surface area contributed by atoms with Gasteiger partial charge in [0, 0.05) is 22.9 Å². The molecular weight excluding hydrogens is 549 g/mol. The molecule has 0 radical (unpaired) electrons. The van der Waals surface area contributed by atoms with Gasteiger partial charge in [0.15, 0.2) is 11.6 Å². The first kappa shape index (κ1) is 29.1. The number of rotatable bonds is 10. The predicted octanol–water partition coefficient (Wildman–Crippen LogP) is 2.88. The summed E-state index contributed by atoms with van der Waals surface area (Å²) >= 11 is 6.78. The van der Waals surface area contributed by atoms with Gasteiger partial charge in [-0.3, -0.25) is 14.8 Å².